The zero-order valence-corrected chi connectivity index (χ0v) is 17.0. The fourth-order valence-electron chi connectivity index (χ4n) is 2.39. The SMILES string of the molecule is CCC(C)NC(=O)CCNC(=NC)NCc1ccc(S(C)(=O)=O)c(C)c1. The smallest absolute Gasteiger partial charge is 0.221 e. The maximum Gasteiger partial charge on any atom is 0.221 e. The van der Waals surface area contributed by atoms with Crippen LogP contribution in [0.3, 0.4) is 0 Å². The molecule has 0 aliphatic carbocycles. The van der Waals surface area contributed by atoms with Crippen LogP contribution in [0.15, 0.2) is 28.1 Å². The second-order valence-corrected chi connectivity index (χ2v) is 8.34. The Bertz CT molecular complexity index is 745. The third kappa shape index (κ3) is 7.43. The van der Waals surface area contributed by atoms with Crippen LogP contribution >= 0.6 is 0 Å². The van der Waals surface area contributed by atoms with E-state index in [-0.39, 0.29) is 11.9 Å². The molecule has 0 saturated carbocycles. The fraction of sp³-hybridized carbons (Fsp3) is 0.556. The molecule has 26 heavy (non-hydrogen) atoms. The molecule has 0 radical (unpaired) electrons. The van der Waals surface area contributed by atoms with Crippen LogP contribution in [0.2, 0.25) is 0 Å². The normalized spacial score (nSPS) is 13.2. The molecule has 0 heterocycles. The number of sulfone groups is 1. The van der Waals surface area contributed by atoms with Crippen molar-refractivity contribution in [1.29, 1.82) is 0 Å². The van der Waals surface area contributed by atoms with Gasteiger partial charge in [-0.05, 0) is 37.5 Å². The lowest BCUT2D eigenvalue weighted by molar-refractivity contribution is -0.121. The zero-order chi connectivity index (χ0) is 19.7. The van der Waals surface area contributed by atoms with Crippen molar-refractivity contribution < 1.29 is 13.2 Å². The predicted octanol–water partition coefficient (Wildman–Crippen LogP) is 1.37. The Morgan fingerprint density at radius 1 is 1.27 bits per heavy atom. The summed E-state index contributed by atoms with van der Waals surface area (Å²) in [6.45, 7) is 6.77. The number of benzene rings is 1. The highest BCUT2D eigenvalue weighted by molar-refractivity contribution is 7.90. The monoisotopic (exact) mass is 382 g/mol. The van der Waals surface area contributed by atoms with E-state index in [1.54, 1.807) is 26.1 Å². The van der Waals surface area contributed by atoms with Crippen LogP contribution in [0.4, 0.5) is 0 Å². The molecular weight excluding hydrogens is 352 g/mol. The first-order valence-corrected chi connectivity index (χ1v) is 10.6. The molecule has 0 bridgehead atoms. The minimum atomic E-state index is -3.21. The van der Waals surface area contributed by atoms with Crippen LogP contribution in [0.5, 0.6) is 0 Å². The van der Waals surface area contributed by atoms with E-state index >= 15 is 0 Å². The number of hydrogen-bond acceptors (Lipinski definition) is 4. The third-order valence-corrected chi connectivity index (χ3v) is 5.24. The molecule has 1 rings (SSSR count). The first-order valence-electron chi connectivity index (χ1n) is 8.70. The third-order valence-electron chi connectivity index (χ3n) is 3.99. The average molecular weight is 383 g/mol. The predicted molar refractivity (Wildman–Crippen MR) is 105 cm³/mol. The zero-order valence-electron chi connectivity index (χ0n) is 16.2. The van der Waals surface area contributed by atoms with Crippen molar-refractivity contribution in [1.82, 2.24) is 16.0 Å². The number of aryl methyl sites for hydroxylation is 1. The molecule has 0 saturated heterocycles. The van der Waals surface area contributed by atoms with Crippen LogP contribution in [-0.2, 0) is 21.2 Å². The summed E-state index contributed by atoms with van der Waals surface area (Å²) in [6, 6.07) is 5.43. The van der Waals surface area contributed by atoms with E-state index in [1.165, 1.54) is 6.26 Å². The number of hydrogen-bond donors (Lipinski definition) is 3. The van der Waals surface area contributed by atoms with Crippen molar-refractivity contribution in [2.24, 2.45) is 4.99 Å². The summed E-state index contributed by atoms with van der Waals surface area (Å²) in [5.41, 5.74) is 1.67. The summed E-state index contributed by atoms with van der Waals surface area (Å²) in [6.07, 6.45) is 2.48. The molecule has 1 aromatic carbocycles. The quantitative estimate of drug-likeness (QED) is 0.466. The molecule has 0 aliphatic heterocycles. The Balaban J connectivity index is 2.50. The van der Waals surface area contributed by atoms with E-state index in [0.29, 0.717) is 30.4 Å². The van der Waals surface area contributed by atoms with Gasteiger partial charge in [0.15, 0.2) is 15.8 Å². The van der Waals surface area contributed by atoms with Gasteiger partial charge >= 0.3 is 0 Å². The summed E-state index contributed by atoms with van der Waals surface area (Å²) in [5, 5.41) is 9.16. The van der Waals surface area contributed by atoms with E-state index < -0.39 is 9.84 Å². The Hall–Kier alpha value is -2.09. The maximum atomic E-state index is 11.8. The topological polar surface area (TPSA) is 99.7 Å². The van der Waals surface area contributed by atoms with E-state index in [9.17, 15) is 13.2 Å². The van der Waals surface area contributed by atoms with Gasteiger partial charge in [-0.15, -0.1) is 0 Å². The first-order chi connectivity index (χ1) is 12.2. The minimum absolute atomic E-state index is 0.00860. The Morgan fingerprint density at radius 2 is 1.96 bits per heavy atom. The van der Waals surface area contributed by atoms with E-state index in [0.717, 1.165) is 17.5 Å². The number of aliphatic imine (C=N–C) groups is 1. The van der Waals surface area contributed by atoms with Crippen LogP contribution in [-0.4, -0.2) is 46.2 Å². The van der Waals surface area contributed by atoms with E-state index in [2.05, 4.69) is 20.9 Å². The van der Waals surface area contributed by atoms with Gasteiger partial charge in [0, 0.05) is 38.9 Å². The highest BCUT2D eigenvalue weighted by Gasteiger charge is 2.11. The van der Waals surface area contributed by atoms with Crippen molar-refractivity contribution in [2.45, 2.75) is 51.1 Å². The van der Waals surface area contributed by atoms with Crippen LogP contribution in [0.25, 0.3) is 0 Å². The van der Waals surface area contributed by atoms with Gasteiger partial charge in [-0.1, -0.05) is 19.1 Å². The Morgan fingerprint density at radius 3 is 2.50 bits per heavy atom. The van der Waals surface area contributed by atoms with E-state index in [1.807, 2.05) is 19.9 Å². The number of nitrogens with zero attached hydrogens (tertiary/aromatic N) is 1. The van der Waals surface area contributed by atoms with Crippen molar-refractivity contribution in [2.75, 3.05) is 19.8 Å². The van der Waals surface area contributed by atoms with Gasteiger partial charge in [0.05, 0.1) is 4.90 Å². The second kappa shape index (κ2) is 10.2. The standard InChI is InChI=1S/C18H30N4O3S/c1-6-14(3)22-17(23)9-10-20-18(19-4)21-12-15-7-8-16(13(2)11-15)26(5,24)25/h7-8,11,14H,6,9-10,12H2,1-5H3,(H,22,23)(H2,19,20,21). The summed E-state index contributed by atoms with van der Waals surface area (Å²) >= 11 is 0. The number of carbonyl (C=O) groups is 1. The fourth-order valence-corrected chi connectivity index (χ4v) is 3.35. The van der Waals surface area contributed by atoms with Crippen LogP contribution in [0.1, 0.15) is 37.8 Å². The van der Waals surface area contributed by atoms with Gasteiger partial charge in [0.25, 0.3) is 0 Å². The molecule has 1 unspecified atom stereocenters. The summed E-state index contributed by atoms with van der Waals surface area (Å²) in [7, 11) is -1.55. The summed E-state index contributed by atoms with van der Waals surface area (Å²) in [4.78, 5) is 16.2. The molecule has 0 spiro atoms. The number of guanidine groups is 1. The molecule has 1 aromatic rings. The van der Waals surface area contributed by atoms with Gasteiger partial charge in [-0.3, -0.25) is 9.79 Å². The molecule has 8 heteroatoms. The molecule has 0 aliphatic rings. The molecular formula is C18H30N4O3S. The van der Waals surface area contributed by atoms with Gasteiger partial charge in [-0.2, -0.15) is 0 Å². The molecule has 146 valence electrons. The highest BCUT2D eigenvalue weighted by atomic mass is 32.2. The molecule has 0 fully saturated rings. The Kier molecular flexibility index (Phi) is 8.57. The molecule has 1 atom stereocenters. The van der Waals surface area contributed by atoms with Crippen molar-refractivity contribution >= 4 is 21.7 Å². The van der Waals surface area contributed by atoms with Crippen LogP contribution in [0, 0.1) is 6.92 Å². The number of rotatable bonds is 8. The number of carbonyl (C=O) groups excluding carboxylic acids is 1. The lowest BCUT2D eigenvalue weighted by atomic mass is 10.1. The van der Waals surface area contributed by atoms with Crippen molar-refractivity contribution in [3.63, 3.8) is 0 Å². The van der Waals surface area contributed by atoms with Gasteiger partial charge in [0.2, 0.25) is 5.91 Å². The van der Waals surface area contributed by atoms with Crippen molar-refractivity contribution in [3.05, 3.63) is 29.3 Å². The Labute approximate surface area is 156 Å². The first kappa shape index (κ1) is 22.0. The highest BCUT2D eigenvalue weighted by Crippen LogP contribution is 2.16. The lowest BCUT2D eigenvalue weighted by Crippen LogP contribution is -2.40. The van der Waals surface area contributed by atoms with Gasteiger partial charge < -0.3 is 16.0 Å². The summed E-state index contributed by atoms with van der Waals surface area (Å²) < 4.78 is 23.3. The van der Waals surface area contributed by atoms with E-state index in [4.69, 9.17) is 0 Å². The summed E-state index contributed by atoms with van der Waals surface area (Å²) in [5.74, 6) is 0.598. The molecule has 0 aromatic heterocycles. The number of amides is 1. The van der Waals surface area contributed by atoms with Gasteiger partial charge in [-0.25, -0.2) is 8.42 Å². The average Bonchev–Trinajstić information content (AvgIpc) is 2.56. The molecule has 1 amide bonds. The molecule has 3 N–H and O–H groups in total. The van der Waals surface area contributed by atoms with Gasteiger partial charge in [0.1, 0.15) is 0 Å². The second-order valence-electron chi connectivity index (χ2n) is 6.35. The number of nitrogens with one attached hydrogen (secondary N) is 3. The van der Waals surface area contributed by atoms with Crippen LogP contribution < -0.4 is 16.0 Å². The largest absolute Gasteiger partial charge is 0.356 e. The maximum absolute atomic E-state index is 11.8. The lowest BCUT2D eigenvalue weighted by Gasteiger charge is -2.14. The molecule has 7 nitrogen and oxygen atoms in total. The minimum Gasteiger partial charge on any atom is -0.356 e. The van der Waals surface area contributed by atoms with Crippen molar-refractivity contribution in [3.8, 4) is 0 Å².